The van der Waals surface area contributed by atoms with Gasteiger partial charge in [-0.3, -0.25) is 4.79 Å². The molecule has 3 rings (SSSR count). The van der Waals surface area contributed by atoms with E-state index < -0.39 is 11.0 Å². The summed E-state index contributed by atoms with van der Waals surface area (Å²) < 4.78 is 5.68. The van der Waals surface area contributed by atoms with Crippen LogP contribution in [0.15, 0.2) is 35.5 Å². The standard InChI is InChI=1S/C22H32O3/c1-14(2)17-9-11-20(5)13-22(24)15(3)7-8-19(25-16(4)23)21(22,6)12-10-18(17)20/h9-10,14,19,24H,3,7-8,11-13H2,1-2,4-6H3. The highest BCUT2D eigenvalue weighted by Gasteiger charge is 2.60. The number of hydrogen-bond donors (Lipinski definition) is 1. The van der Waals surface area contributed by atoms with E-state index in [0.717, 1.165) is 18.4 Å². The second kappa shape index (κ2) is 5.84. The summed E-state index contributed by atoms with van der Waals surface area (Å²) in [5, 5.41) is 11.9. The summed E-state index contributed by atoms with van der Waals surface area (Å²) in [6, 6.07) is 0. The van der Waals surface area contributed by atoms with E-state index in [4.69, 9.17) is 4.74 Å². The summed E-state index contributed by atoms with van der Waals surface area (Å²) in [6.45, 7) is 14.5. The van der Waals surface area contributed by atoms with Crippen molar-refractivity contribution >= 4 is 5.97 Å². The van der Waals surface area contributed by atoms with Gasteiger partial charge in [-0.2, -0.15) is 0 Å². The average molecular weight is 344 g/mol. The van der Waals surface area contributed by atoms with Gasteiger partial charge in [-0.1, -0.05) is 46.4 Å². The molecule has 0 aromatic rings. The van der Waals surface area contributed by atoms with Gasteiger partial charge in [0.2, 0.25) is 0 Å². The first kappa shape index (κ1) is 18.4. The lowest BCUT2D eigenvalue weighted by molar-refractivity contribution is -0.179. The number of ether oxygens (including phenoxy) is 1. The fourth-order valence-corrected chi connectivity index (χ4v) is 5.38. The number of carbonyl (C=O) groups is 1. The van der Waals surface area contributed by atoms with Crippen LogP contribution in [0, 0.1) is 16.7 Å². The van der Waals surface area contributed by atoms with Gasteiger partial charge in [0.05, 0.1) is 5.60 Å². The van der Waals surface area contributed by atoms with Crippen LogP contribution in [0.4, 0.5) is 0 Å². The zero-order chi connectivity index (χ0) is 18.6. The molecule has 3 aliphatic rings. The van der Waals surface area contributed by atoms with Gasteiger partial charge in [0, 0.05) is 12.3 Å². The monoisotopic (exact) mass is 344 g/mol. The second-order valence-electron chi connectivity index (χ2n) is 9.10. The fraction of sp³-hybridized carbons (Fsp3) is 0.682. The van der Waals surface area contributed by atoms with Crippen LogP contribution in [0.25, 0.3) is 0 Å². The number of hydrogen-bond acceptors (Lipinski definition) is 3. The van der Waals surface area contributed by atoms with E-state index >= 15 is 0 Å². The van der Waals surface area contributed by atoms with E-state index in [1.165, 1.54) is 18.1 Å². The molecule has 0 amide bonds. The Morgan fingerprint density at radius 3 is 2.60 bits per heavy atom. The summed E-state index contributed by atoms with van der Waals surface area (Å²) in [5.41, 5.74) is 2.05. The molecule has 4 atom stereocenters. The Morgan fingerprint density at radius 2 is 2.00 bits per heavy atom. The van der Waals surface area contributed by atoms with Crippen LogP contribution in [0.3, 0.4) is 0 Å². The molecule has 138 valence electrons. The third-order valence-electron chi connectivity index (χ3n) is 6.99. The van der Waals surface area contributed by atoms with Crippen molar-refractivity contribution in [2.45, 2.75) is 78.4 Å². The molecule has 3 heteroatoms. The molecule has 0 bridgehead atoms. The van der Waals surface area contributed by atoms with Crippen LogP contribution in [0.1, 0.15) is 66.7 Å². The fourth-order valence-electron chi connectivity index (χ4n) is 5.38. The van der Waals surface area contributed by atoms with E-state index in [1.807, 2.05) is 0 Å². The maximum atomic E-state index is 11.9. The molecular weight excluding hydrogens is 312 g/mol. The van der Waals surface area contributed by atoms with Crippen LogP contribution >= 0.6 is 0 Å². The van der Waals surface area contributed by atoms with Crippen LogP contribution in [0.2, 0.25) is 0 Å². The van der Waals surface area contributed by atoms with Crippen molar-refractivity contribution in [3.05, 3.63) is 35.5 Å². The second-order valence-corrected chi connectivity index (χ2v) is 9.10. The molecule has 0 spiro atoms. The van der Waals surface area contributed by atoms with Crippen molar-refractivity contribution in [1.29, 1.82) is 0 Å². The van der Waals surface area contributed by atoms with E-state index in [9.17, 15) is 9.90 Å². The Balaban J connectivity index is 2.08. The molecule has 0 aliphatic heterocycles. The van der Waals surface area contributed by atoms with Crippen LogP contribution in [-0.4, -0.2) is 22.8 Å². The van der Waals surface area contributed by atoms with E-state index in [2.05, 4.69) is 46.4 Å². The van der Waals surface area contributed by atoms with Crippen molar-refractivity contribution in [3.8, 4) is 0 Å². The topological polar surface area (TPSA) is 46.5 Å². The van der Waals surface area contributed by atoms with Gasteiger partial charge < -0.3 is 9.84 Å². The Hall–Kier alpha value is -1.35. The number of aliphatic hydroxyl groups is 1. The van der Waals surface area contributed by atoms with Gasteiger partial charge in [0.1, 0.15) is 6.10 Å². The maximum absolute atomic E-state index is 11.9. The summed E-state index contributed by atoms with van der Waals surface area (Å²) in [7, 11) is 0. The smallest absolute Gasteiger partial charge is 0.302 e. The number of allylic oxidation sites excluding steroid dienone is 4. The molecule has 1 N–H and O–H groups in total. The molecule has 1 fully saturated rings. The van der Waals surface area contributed by atoms with Gasteiger partial charge in [-0.05, 0) is 60.2 Å². The molecule has 0 aromatic heterocycles. The Labute approximate surface area is 151 Å². The van der Waals surface area contributed by atoms with Gasteiger partial charge in [0.25, 0.3) is 0 Å². The van der Waals surface area contributed by atoms with E-state index in [1.54, 1.807) is 0 Å². The minimum Gasteiger partial charge on any atom is -0.462 e. The number of rotatable bonds is 2. The molecule has 3 nitrogen and oxygen atoms in total. The SMILES string of the molecule is C=C1CCC(OC(C)=O)C2(C)CC=C3C(C(C)C)=CCC3(C)CC12O. The third-order valence-corrected chi connectivity index (χ3v) is 6.99. The predicted molar refractivity (Wildman–Crippen MR) is 99.9 cm³/mol. The first-order valence-electron chi connectivity index (χ1n) is 9.52. The Morgan fingerprint density at radius 1 is 1.32 bits per heavy atom. The highest BCUT2D eigenvalue weighted by molar-refractivity contribution is 5.66. The van der Waals surface area contributed by atoms with Crippen molar-refractivity contribution in [1.82, 2.24) is 0 Å². The van der Waals surface area contributed by atoms with Crippen LogP contribution in [0.5, 0.6) is 0 Å². The van der Waals surface area contributed by atoms with Crippen molar-refractivity contribution < 1.29 is 14.6 Å². The summed E-state index contributed by atoms with van der Waals surface area (Å²) in [4.78, 5) is 11.7. The molecule has 0 aromatic carbocycles. The minimum absolute atomic E-state index is 0.0762. The highest BCUT2D eigenvalue weighted by atomic mass is 16.5. The highest BCUT2D eigenvalue weighted by Crippen LogP contribution is 2.61. The number of esters is 1. The summed E-state index contributed by atoms with van der Waals surface area (Å²) in [5.74, 6) is 0.204. The van der Waals surface area contributed by atoms with Gasteiger partial charge >= 0.3 is 5.97 Å². The quantitative estimate of drug-likeness (QED) is 0.582. The predicted octanol–water partition coefficient (Wildman–Crippen LogP) is 4.72. The first-order chi connectivity index (χ1) is 11.5. The van der Waals surface area contributed by atoms with E-state index in [-0.39, 0.29) is 17.5 Å². The molecule has 1 saturated carbocycles. The minimum atomic E-state index is -1.02. The Bertz CT molecular complexity index is 671. The summed E-state index contributed by atoms with van der Waals surface area (Å²) in [6.07, 6.45) is 8.14. The molecule has 3 aliphatic carbocycles. The molecular formula is C22H32O3. The van der Waals surface area contributed by atoms with Crippen molar-refractivity contribution in [2.75, 3.05) is 0 Å². The van der Waals surface area contributed by atoms with Gasteiger partial charge in [-0.15, -0.1) is 0 Å². The zero-order valence-corrected chi connectivity index (χ0v) is 16.3. The van der Waals surface area contributed by atoms with Crippen molar-refractivity contribution in [3.63, 3.8) is 0 Å². The first-order valence-corrected chi connectivity index (χ1v) is 9.52. The molecule has 4 unspecified atom stereocenters. The maximum Gasteiger partial charge on any atom is 0.302 e. The lowest BCUT2D eigenvalue weighted by Gasteiger charge is -2.54. The van der Waals surface area contributed by atoms with Crippen LogP contribution < -0.4 is 0 Å². The average Bonchev–Trinajstić information content (AvgIpc) is 2.78. The lowest BCUT2D eigenvalue weighted by atomic mass is 9.56. The number of carbonyl (C=O) groups excluding carboxylic acids is 1. The van der Waals surface area contributed by atoms with Crippen LogP contribution in [-0.2, 0) is 9.53 Å². The summed E-state index contributed by atoms with van der Waals surface area (Å²) >= 11 is 0. The zero-order valence-electron chi connectivity index (χ0n) is 16.3. The number of fused-ring (bicyclic) bond motifs is 2. The lowest BCUT2D eigenvalue weighted by Crippen LogP contribution is -2.59. The molecule has 0 saturated heterocycles. The molecule has 0 heterocycles. The van der Waals surface area contributed by atoms with E-state index in [0.29, 0.717) is 25.2 Å². The molecule has 25 heavy (non-hydrogen) atoms. The normalized spacial score (nSPS) is 40.8. The molecule has 0 radical (unpaired) electrons. The third kappa shape index (κ3) is 2.63. The van der Waals surface area contributed by atoms with Gasteiger partial charge in [0.15, 0.2) is 0 Å². The Kier molecular flexibility index (Phi) is 4.31. The van der Waals surface area contributed by atoms with Crippen molar-refractivity contribution in [2.24, 2.45) is 16.7 Å². The van der Waals surface area contributed by atoms with Gasteiger partial charge in [-0.25, -0.2) is 0 Å². The largest absolute Gasteiger partial charge is 0.462 e.